The van der Waals surface area contributed by atoms with Gasteiger partial charge in [0.05, 0.1) is 16.4 Å². The van der Waals surface area contributed by atoms with Gasteiger partial charge >= 0.3 is 6.09 Å². The molecule has 2 amide bonds. The van der Waals surface area contributed by atoms with Crippen LogP contribution < -0.4 is 10.9 Å². The Labute approximate surface area is 184 Å². The molecule has 0 radical (unpaired) electrons. The molecule has 0 aliphatic carbocycles. The number of halogens is 3. The molecule has 0 saturated heterocycles. The summed E-state index contributed by atoms with van der Waals surface area (Å²) in [6.45, 7) is 1.88. The molecule has 7 nitrogen and oxygen atoms in total. The minimum atomic E-state index is -1.38. The third-order valence-corrected chi connectivity index (χ3v) is 5.16. The van der Waals surface area contributed by atoms with Crippen molar-refractivity contribution in [3.05, 3.63) is 68.2 Å². The zero-order valence-corrected chi connectivity index (χ0v) is 18.1. The van der Waals surface area contributed by atoms with Crippen LogP contribution in [0.1, 0.15) is 23.0 Å². The lowest BCUT2D eigenvalue weighted by molar-refractivity contribution is 0.0920. The van der Waals surface area contributed by atoms with Crippen molar-refractivity contribution in [3.8, 4) is 16.9 Å². The lowest BCUT2D eigenvalue weighted by Gasteiger charge is -2.11. The van der Waals surface area contributed by atoms with Gasteiger partial charge < -0.3 is 5.11 Å². The van der Waals surface area contributed by atoms with E-state index < -0.39 is 12.0 Å². The molecule has 3 N–H and O–H groups in total. The van der Waals surface area contributed by atoms with Crippen molar-refractivity contribution in [3.63, 3.8) is 0 Å². The molecular weight excluding hydrogens is 483 g/mol. The summed E-state index contributed by atoms with van der Waals surface area (Å²) >= 11 is 15.8. The van der Waals surface area contributed by atoms with Gasteiger partial charge in [0, 0.05) is 20.6 Å². The number of benzene rings is 2. The predicted octanol–water partition coefficient (Wildman–Crippen LogP) is 5.08. The van der Waals surface area contributed by atoms with Crippen LogP contribution in [0, 0.1) is 0 Å². The Balaban J connectivity index is 2.23. The number of hydrazine groups is 1. The Hall–Kier alpha value is -2.55. The molecule has 0 aliphatic heterocycles. The van der Waals surface area contributed by atoms with Crippen molar-refractivity contribution >= 4 is 51.1 Å². The number of carbonyl (C=O) groups excluding carboxylic acids is 1. The molecule has 1 heterocycles. The monoisotopic (exact) mass is 496 g/mol. The fourth-order valence-electron chi connectivity index (χ4n) is 2.87. The molecule has 0 atom stereocenters. The number of aromatic nitrogens is 2. The van der Waals surface area contributed by atoms with Crippen molar-refractivity contribution in [2.24, 2.45) is 0 Å². The van der Waals surface area contributed by atoms with Gasteiger partial charge in [0.2, 0.25) is 0 Å². The van der Waals surface area contributed by atoms with Crippen molar-refractivity contribution in [1.29, 1.82) is 0 Å². The normalized spacial score (nSPS) is 10.6. The summed E-state index contributed by atoms with van der Waals surface area (Å²) in [5, 5.41) is 14.0. The third kappa shape index (κ3) is 4.55. The van der Waals surface area contributed by atoms with E-state index in [1.54, 1.807) is 22.9 Å². The van der Waals surface area contributed by atoms with E-state index in [0.717, 1.165) is 10.0 Å². The molecule has 0 unspecified atom stereocenters. The SMILES string of the molecule is CCc1c(C(=O)NNC(=O)O)nn(-c2ccc(Cl)cc2Cl)c1-c1ccc(Br)cc1. The van der Waals surface area contributed by atoms with Crippen LogP contribution in [0.2, 0.25) is 10.0 Å². The predicted molar refractivity (Wildman–Crippen MR) is 115 cm³/mol. The Morgan fingerprint density at radius 1 is 1.14 bits per heavy atom. The molecule has 2 aromatic carbocycles. The van der Waals surface area contributed by atoms with Crippen LogP contribution in [0.25, 0.3) is 16.9 Å². The number of nitrogens with zero attached hydrogens (tertiary/aromatic N) is 2. The van der Waals surface area contributed by atoms with Crippen molar-refractivity contribution in [2.75, 3.05) is 0 Å². The minimum absolute atomic E-state index is 0.0881. The highest BCUT2D eigenvalue weighted by Crippen LogP contribution is 2.33. The highest BCUT2D eigenvalue weighted by molar-refractivity contribution is 9.10. The van der Waals surface area contributed by atoms with Crippen molar-refractivity contribution in [1.82, 2.24) is 20.6 Å². The molecule has 29 heavy (non-hydrogen) atoms. The number of nitrogens with one attached hydrogen (secondary N) is 2. The van der Waals surface area contributed by atoms with E-state index in [-0.39, 0.29) is 5.69 Å². The molecule has 0 saturated carbocycles. The lowest BCUT2D eigenvalue weighted by atomic mass is 10.0. The topological polar surface area (TPSA) is 96.2 Å². The summed E-state index contributed by atoms with van der Waals surface area (Å²) in [5.41, 5.74) is 6.72. The Morgan fingerprint density at radius 3 is 2.41 bits per heavy atom. The maximum Gasteiger partial charge on any atom is 0.423 e. The van der Waals surface area contributed by atoms with Gasteiger partial charge in [-0.25, -0.2) is 14.9 Å². The van der Waals surface area contributed by atoms with Gasteiger partial charge in [0.25, 0.3) is 5.91 Å². The number of amides is 2. The number of carbonyl (C=O) groups is 2. The minimum Gasteiger partial charge on any atom is -0.464 e. The summed E-state index contributed by atoms with van der Waals surface area (Å²) < 4.78 is 2.47. The molecule has 0 bridgehead atoms. The molecule has 0 aliphatic rings. The highest BCUT2D eigenvalue weighted by Gasteiger charge is 2.25. The van der Waals surface area contributed by atoms with Crippen molar-refractivity contribution < 1.29 is 14.7 Å². The second kappa shape index (κ2) is 8.86. The van der Waals surface area contributed by atoms with Gasteiger partial charge in [-0.3, -0.25) is 10.2 Å². The van der Waals surface area contributed by atoms with Gasteiger partial charge in [-0.05, 0) is 36.8 Å². The van der Waals surface area contributed by atoms with Crippen LogP contribution in [0.3, 0.4) is 0 Å². The number of rotatable bonds is 4. The number of hydrogen-bond donors (Lipinski definition) is 3. The van der Waals surface area contributed by atoms with Crippen LogP contribution in [-0.4, -0.2) is 26.9 Å². The summed E-state index contributed by atoms with van der Waals surface area (Å²) in [6, 6.07) is 12.5. The van der Waals surface area contributed by atoms with E-state index in [9.17, 15) is 9.59 Å². The Morgan fingerprint density at radius 2 is 1.83 bits per heavy atom. The highest BCUT2D eigenvalue weighted by atomic mass is 79.9. The van der Waals surface area contributed by atoms with E-state index in [0.29, 0.717) is 33.4 Å². The average Bonchev–Trinajstić information content (AvgIpc) is 3.06. The number of hydrogen-bond acceptors (Lipinski definition) is 3. The molecule has 150 valence electrons. The molecule has 0 spiro atoms. The van der Waals surface area contributed by atoms with Crippen molar-refractivity contribution in [2.45, 2.75) is 13.3 Å². The van der Waals surface area contributed by atoms with E-state index >= 15 is 0 Å². The summed E-state index contributed by atoms with van der Waals surface area (Å²) in [7, 11) is 0. The quantitative estimate of drug-likeness (QED) is 0.437. The van der Waals surface area contributed by atoms with Gasteiger partial charge in [0.15, 0.2) is 5.69 Å². The molecule has 3 rings (SSSR count). The fraction of sp³-hybridized carbons (Fsp3) is 0.105. The lowest BCUT2D eigenvalue weighted by Crippen LogP contribution is -2.41. The van der Waals surface area contributed by atoms with Crippen LogP contribution in [0.4, 0.5) is 4.79 Å². The zero-order valence-electron chi connectivity index (χ0n) is 15.0. The first kappa shape index (κ1) is 21.2. The Bertz CT molecular complexity index is 1080. The summed E-state index contributed by atoms with van der Waals surface area (Å²) in [5.74, 6) is -0.675. The smallest absolute Gasteiger partial charge is 0.423 e. The second-order valence-electron chi connectivity index (χ2n) is 5.93. The Kier molecular flexibility index (Phi) is 6.46. The molecular formula is C19H15BrCl2N4O3. The van der Waals surface area contributed by atoms with Gasteiger partial charge in [-0.15, -0.1) is 0 Å². The summed E-state index contributed by atoms with van der Waals surface area (Å²) in [4.78, 5) is 23.3. The van der Waals surface area contributed by atoms with Gasteiger partial charge in [-0.1, -0.05) is 58.2 Å². The standard InChI is InChI=1S/C19H15BrCl2N4O3/c1-2-13-16(18(27)23-24-19(28)29)25-26(15-8-7-12(21)9-14(15)22)17(13)10-3-5-11(20)6-4-10/h3-9,24H,2H2,1H3,(H,23,27)(H,28,29). The van der Waals surface area contributed by atoms with E-state index in [2.05, 4.69) is 26.5 Å². The van der Waals surface area contributed by atoms with E-state index in [1.165, 1.54) is 0 Å². The maximum atomic E-state index is 12.6. The molecule has 10 heteroatoms. The number of carboxylic acid groups (broad SMARTS) is 1. The van der Waals surface area contributed by atoms with Crippen LogP contribution in [0.15, 0.2) is 46.9 Å². The molecule has 1 aromatic heterocycles. The van der Waals surface area contributed by atoms with Gasteiger partial charge in [0.1, 0.15) is 0 Å². The zero-order chi connectivity index (χ0) is 21.1. The van der Waals surface area contributed by atoms with Gasteiger partial charge in [-0.2, -0.15) is 5.10 Å². The third-order valence-electron chi connectivity index (χ3n) is 4.09. The first-order chi connectivity index (χ1) is 13.8. The van der Waals surface area contributed by atoms with Crippen LogP contribution in [-0.2, 0) is 6.42 Å². The maximum absolute atomic E-state index is 12.6. The first-order valence-electron chi connectivity index (χ1n) is 8.44. The first-order valence-corrected chi connectivity index (χ1v) is 9.99. The fourth-order valence-corrected chi connectivity index (χ4v) is 3.62. The summed E-state index contributed by atoms with van der Waals surface area (Å²) in [6.07, 6.45) is -0.906. The average molecular weight is 498 g/mol. The molecule has 3 aromatic rings. The largest absolute Gasteiger partial charge is 0.464 e. The van der Waals surface area contributed by atoms with E-state index in [1.807, 2.05) is 36.6 Å². The van der Waals surface area contributed by atoms with Crippen LogP contribution >= 0.6 is 39.1 Å². The van der Waals surface area contributed by atoms with E-state index in [4.69, 9.17) is 28.3 Å². The second-order valence-corrected chi connectivity index (χ2v) is 7.69. The molecule has 0 fully saturated rings. The van der Waals surface area contributed by atoms with Crippen LogP contribution in [0.5, 0.6) is 0 Å².